The van der Waals surface area contributed by atoms with Crippen LogP contribution in [0.2, 0.25) is 0 Å². The fourth-order valence-electron chi connectivity index (χ4n) is 2.11. The highest BCUT2D eigenvalue weighted by molar-refractivity contribution is 5.53. The number of benzene rings is 1. The monoisotopic (exact) mass is 273 g/mol. The molecule has 2 nitrogen and oxygen atoms in total. The zero-order valence-electron chi connectivity index (χ0n) is 13.6. The van der Waals surface area contributed by atoms with Crippen molar-refractivity contribution in [3.63, 3.8) is 0 Å². The van der Waals surface area contributed by atoms with Crippen LogP contribution in [0.4, 0.5) is 0 Å². The van der Waals surface area contributed by atoms with Crippen molar-refractivity contribution in [2.45, 2.75) is 52.7 Å². The molecule has 2 heteroatoms. The third-order valence-corrected chi connectivity index (χ3v) is 3.09. The molecule has 0 atom stereocenters. The van der Waals surface area contributed by atoms with Crippen molar-refractivity contribution in [1.82, 2.24) is 5.32 Å². The van der Waals surface area contributed by atoms with Crippen LogP contribution >= 0.6 is 0 Å². The molecule has 0 saturated heterocycles. The minimum atomic E-state index is -0.247. The molecule has 1 aromatic rings. The minimum Gasteiger partial charge on any atom is -0.474 e. The summed E-state index contributed by atoms with van der Waals surface area (Å²) in [6, 6.07) is 6.38. The van der Waals surface area contributed by atoms with Gasteiger partial charge in [-0.25, -0.2) is 0 Å². The van der Waals surface area contributed by atoms with E-state index in [1.54, 1.807) is 0 Å². The molecule has 1 rings (SSSR count). The summed E-state index contributed by atoms with van der Waals surface area (Å²) in [5.41, 5.74) is 3.08. The summed E-state index contributed by atoms with van der Waals surface area (Å²) in [5, 5.41) is 3.35. The summed E-state index contributed by atoms with van der Waals surface area (Å²) >= 11 is 0. The molecular weight excluding hydrogens is 246 g/mol. The standard InChI is InChI=1S/C18H27NO/c1-9-15-10-11-16(12-13(15)2)18(7,8)19-14(3)20-17(4,5)6/h9-12,19H,1,3H2,2,4-8H3. The van der Waals surface area contributed by atoms with Crippen LogP contribution in [0, 0.1) is 6.92 Å². The van der Waals surface area contributed by atoms with Crippen LogP contribution in [0.25, 0.3) is 6.08 Å². The highest BCUT2D eigenvalue weighted by Gasteiger charge is 2.23. The molecule has 0 aromatic heterocycles. The van der Waals surface area contributed by atoms with Crippen LogP contribution in [0.1, 0.15) is 51.3 Å². The van der Waals surface area contributed by atoms with Gasteiger partial charge in [-0.1, -0.05) is 30.9 Å². The lowest BCUT2D eigenvalue weighted by molar-refractivity contribution is 0.0337. The first-order chi connectivity index (χ1) is 9.05. The van der Waals surface area contributed by atoms with Crippen LogP contribution in [0.5, 0.6) is 0 Å². The zero-order chi connectivity index (χ0) is 15.6. The van der Waals surface area contributed by atoms with Gasteiger partial charge in [-0.15, -0.1) is 0 Å². The molecule has 0 fully saturated rings. The van der Waals surface area contributed by atoms with Crippen LogP contribution < -0.4 is 5.32 Å². The zero-order valence-corrected chi connectivity index (χ0v) is 13.6. The summed E-state index contributed by atoms with van der Waals surface area (Å²) in [6.07, 6.45) is 1.88. The van der Waals surface area contributed by atoms with Crippen molar-refractivity contribution < 1.29 is 4.74 Å². The van der Waals surface area contributed by atoms with Gasteiger partial charge in [0.1, 0.15) is 5.60 Å². The molecule has 20 heavy (non-hydrogen) atoms. The smallest absolute Gasteiger partial charge is 0.180 e. The Hall–Kier alpha value is -1.70. The SMILES string of the molecule is C=Cc1ccc(C(C)(C)NC(=C)OC(C)(C)C)cc1C. The Balaban J connectivity index is 2.91. The number of ether oxygens (including phenoxy) is 1. The van der Waals surface area contributed by atoms with Crippen molar-refractivity contribution in [1.29, 1.82) is 0 Å². The van der Waals surface area contributed by atoms with Crippen molar-refractivity contribution >= 4 is 6.08 Å². The van der Waals surface area contributed by atoms with E-state index in [1.165, 1.54) is 11.1 Å². The first kappa shape index (κ1) is 16.4. The van der Waals surface area contributed by atoms with Gasteiger partial charge in [0, 0.05) is 0 Å². The van der Waals surface area contributed by atoms with Gasteiger partial charge >= 0.3 is 0 Å². The maximum atomic E-state index is 5.75. The second-order valence-electron chi connectivity index (χ2n) is 6.66. The van der Waals surface area contributed by atoms with E-state index in [4.69, 9.17) is 4.74 Å². The summed E-state index contributed by atoms with van der Waals surface area (Å²) < 4.78 is 5.75. The van der Waals surface area contributed by atoms with Crippen molar-refractivity contribution in [3.05, 3.63) is 53.9 Å². The van der Waals surface area contributed by atoms with Crippen LogP contribution in [0.3, 0.4) is 0 Å². The molecule has 0 heterocycles. The molecule has 0 aliphatic rings. The Morgan fingerprint density at radius 2 is 1.80 bits per heavy atom. The van der Waals surface area contributed by atoms with E-state index in [0.29, 0.717) is 5.88 Å². The van der Waals surface area contributed by atoms with Gasteiger partial charge in [0.05, 0.1) is 5.54 Å². The topological polar surface area (TPSA) is 21.3 Å². The van der Waals surface area contributed by atoms with Gasteiger partial charge in [0.25, 0.3) is 0 Å². The van der Waals surface area contributed by atoms with E-state index in [9.17, 15) is 0 Å². The van der Waals surface area contributed by atoms with E-state index in [0.717, 1.165) is 5.56 Å². The first-order valence-corrected chi connectivity index (χ1v) is 6.95. The third kappa shape index (κ3) is 4.44. The Kier molecular flexibility index (Phi) is 4.69. The number of aryl methyl sites for hydroxylation is 1. The van der Waals surface area contributed by atoms with E-state index in [2.05, 4.69) is 57.4 Å². The van der Waals surface area contributed by atoms with Crippen LogP contribution in [-0.4, -0.2) is 5.60 Å². The van der Waals surface area contributed by atoms with Crippen LogP contribution in [-0.2, 0) is 10.3 Å². The molecule has 1 aromatic carbocycles. The van der Waals surface area contributed by atoms with Crippen LogP contribution in [0.15, 0.2) is 37.2 Å². The maximum absolute atomic E-state index is 5.75. The second-order valence-corrected chi connectivity index (χ2v) is 6.66. The van der Waals surface area contributed by atoms with E-state index < -0.39 is 0 Å². The molecule has 0 spiro atoms. The van der Waals surface area contributed by atoms with Gasteiger partial charge in [-0.3, -0.25) is 0 Å². The Morgan fingerprint density at radius 3 is 2.25 bits per heavy atom. The van der Waals surface area contributed by atoms with Gasteiger partial charge in [0.2, 0.25) is 0 Å². The summed E-state index contributed by atoms with van der Waals surface area (Å²) in [5.74, 6) is 0.591. The molecular formula is C18H27NO. The largest absolute Gasteiger partial charge is 0.474 e. The Labute approximate surface area is 123 Å². The van der Waals surface area contributed by atoms with Gasteiger partial charge in [0.15, 0.2) is 5.88 Å². The normalized spacial score (nSPS) is 11.9. The third-order valence-electron chi connectivity index (χ3n) is 3.09. The van der Waals surface area contributed by atoms with Crippen molar-refractivity contribution in [2.24, 2.45) is 0 Å². The predicted octanol–water partition coefficient (Wildman–Crippen LogP) is 4.75. The highest BCUT2D eigenvalue weighted by atomic mass is 16.5. The van der Waals surface area contributed by atoms with E-state index >= 15 is 0 Å². The van der Waals surface area contributed by atoms with Gasteiger partial charge < -0.3 is 10.1 Å². The van der Waals surface area contributed by atoms with Crippen molar-refractivity contribution in [3.8, 4) is 0 Å². The lowest BCUT2D eigenvalue weighted by atomic mass is 9.91. The second kappa shape index (κ2) is 5.74. The molecule has 0 saturated carbocycles. The van der Waals surface area contributed by atoms with Gasteiger partial charge in [-0.2, -0.15) is 0 Å². The summed E-state index contributed by atoms with van der Waals surface area (Å²) in [4.78, 5) is 0. The van der Waals surface area contributed by atoms with Crippen molar-refractivity contribution in [2.75, 3.05) is 0 Å². The number of nitrogens with one attached hydrogen (secondary N) is 1. The molecule has 0 aliphatic heterocycles. The molecule has 0 amide bonds. The molecule has 0 bridgehead atoms. The number of hydrogen-bond acceptors (Lipinski definition) is 2. The molecule has 0 aliphatic carbocycles. The molecule has 1 N–H and O–H groups in total. The maximum Gasteiger partial charge on any atom is 0.180 e. The molecule has 0 radical (unpaired) electrons. The summed E-state index contributed by atoms with van der Waals surface area (Å²) in [6.45, 7) is 20.1. The van der Waals surface area contributed by atoms with Gasteiger partial charge in [-0.05, 0) is 64.8 Å². The fourth-order valence-corrected chi connectivity index (χ4v) is 2.11. The average Bonchev–Trinajstić information content (AvgIpc) is 2.25. The molecule has 0 unspecified atom stereocenters. The lowest BCUT2D eigenvalue weighted by Crippen LogP contribution is -2.38. The average molecular weight is 273 g/mol. The number of hydrogen-bond donors (Lipinski definition) is 1. The minimum absolute atomic E-state index is 0.243. The highest BCUT2D eigenvalue weighted by Crippen LogP contribution is 2.25. The first-order valence-electron chi connectivity index (χ1n) is 6.95. The Bertz CT molecular complexity index is 507. The predicted molar refractivity (Wildman–Crippen MR) is 87.4 cm³/mol. The summed E-state index contributed by atoms with van der Waals surface area (Å²) in [7, 11) is 0. The fraction of sp³-hybridized carbons (Fsp3) is 0.444. The van der Waals surface area contributed by atoms with E-state index in [-0.39, 0.29) is 11.1 Å². The quantitative estimate of drug-likeness (QED) is 0.782. The number of rotatable bonds is 5. The Morgan fingerprint density at radius 1 is 1.20 bits per heavy atom. The van der Waals surface area contributed by atoms with E-state index in [1.807, 2.05) is 26.8 Å². The molecule has 110 valence electrons. The lowest BCUT2D eigenvalue weighted by Gasteiger charge is -2.32.